The summed E-state index contributed by atoms with van der Waals surface area (Å²) < 4.78 is 73.9. The van der Waals surface area contributed by atoms with Gasteiger partial charge in [0.05, 0.1) is 6.61 Å². The number of rotatable bonds is 11. The van der Waals surface area contributed by atoms with E-state index < -0.39 is 22.2 Å². The van der Waals surface area contributed by atoms with E-state index >= 15 is 0 Å². The smallest absolute Gasteiger partial charge is 0.263 e. The minimum atomic E-state index is -5.46. The third-order valence-corrected chi connectivity index (χ3v) is 4.59. The minimum absolute atomic E-state index is 0.245. The van der Waals surface area contributed by atoms with Crippen LogP contribution in [0.1, 0.15) is 50.5 Å². The molecule has 1 rings (SSSR count). The summed E-state index contributed by atoms with van der Waals surface area (Å²) in [5, 5.41) is 0. The monoisotopic (exact) mass is 370 g/mol. The lowest BCUT2D eigenvalue weighted by Gasteiger charge is -2.08. The fraction of sp³-hybridized carbons (Fsp3) is 0.625. The number of aryl methyl sites for hydroxylation is 1. The minimum Gasteiger partial charge on any atom is -0.263 e. The van der Waals surface area contributed by atoms with Gasteiger partial charge in [0, 0.05) is 0 Å². The first-order chi connectivity index (χ1) is 11.2. The molecule has 0 bridgehead atoms. The first-order valence-corrected chi connectivity index (χ1v) is 9.33. The molecule has 3 nitrogen and oxygen atoms in total. The number of halogens is 4. The summed E-state index contributed by atoms with van der Waals surface area (Å²) in [6, 6.07) is 6.42. The van der Waals surface area contributed by atoms with Crippen LogP contribution < -0.4 is 0 Å². The van der Waals surface area contributed by atoms with Gasteiger partial charge >= 0.3 is 15.6 Å². The van der Waals surface area contributed by atoms with Gasteiger partial charge in [-0.1, -0.05) is 44.2 Å². The predicted molar refractivity (Wildman–Crippen MR) is 83.3 cm³/mol. The Labute approximate surface area is 140 Å². The Balaban J connectivity index is 1.97. The van der Waals surface area contributed by atoms with E-state index in [1.165, 1.54) is 12.1 Å². The zero-order valence-corrected chi connectivity index (χ0v) is 14.1. The molecule has 0 N–H and O–H groups in total. The lowest BCUT2D eigenvalue weighted by molar-refractivity contribution is -0.0542. The average molecular weight is 370 g/mol. The molecule has 0 fully saturated rings. The molecule has 0 unspecified atom stereocenters. The summed E-state index contributed by atoms with van der Waals surface area (Å²) in [6.45, 7) is -0.438. The van der Waals surface area contributed by atoms with Gasteiger partial charge in [-0.15, -0.1) is 0 Å². The van der Waals surface area contributed by atoms with Gasteiger partial charge in [0.1, 0.15) is 5.82 Å². The number of hydrogen-bond acceptors (Lipinski definition) is 3. The van der Waals surface area contributed by atoms with Gasteiger partial charge in [-0.2, -0.15) is 21.6 Å². The van der Waals surface area contributed by atoms with Gasteiger partial charge in [-0.25, -0.2) is 4.39 Å². The molecule has 0 atom stereocenters. The second-order valence-electron chi connectivity index (χ2n) is 5.57. The Kier molecular flexibility index (Phi) is 8.69. The van der Waals surface area contributed by atoms with Gasteiger partial charge in [0.15, 0.2) is 0 Å². The average Bonchev–Trinajstić information content (AvgIpc) is 2.49. The fourth-order valence-electron chi connectivity index (χ4n) is 2.20. The molecule has 0 aromatic heterocycles. The molecule has 0 aliphatic carbocycles. The van der Waals surface area contributed by atoms with Crippen molar-refractivity contribution in [2.75, 3.05) is 6.61 Å². The van der Waals surface area contributed by atoms with Crippen molar-refractivity contribution in [3.05, 3.63) is 35.6 Å². The van der Waals surface area contributed by atoms with Crippen LogP contribution in [-0.4, -0.2) is 20.5 Å². The maximum atomic E-state index is 12.7. The molecule has 8 heteroatoms. The third-order valence-electron chi connectivity index (χ3n) is 3.55. The van der Waals surface area contributed by atoms with Crippen molar-refractivity contribution in [2.24, 2.45) is 0 Å². The first kappa shape index (κ1) is 20.9. The molecular weight excluding hydrogens is 348 g/mol. The lowest BCUT2D eigenvalue weighted by atomic mass is 10.0. The van der Waals surface area contributed by atoms with Crippen molar-refractivity contribution in [3.63, 3.8) is 0 Å². The van der Waals surface area contributed by atoms with Crippen molar-refractivity contribution in [3.8, 4) is 0 Å². The van der Waals surface area contributed by atoms with E-state index in [1.807, 2.05) is 0 Å². The number of alkyl halides is 3. The van der Waals surface area contributed by atoms with Crippen LogP contribution >= 0.6 is 0 Å². The van der Waals surface area contributed by atoms with Gasteiger partial charge in [-0.05, 0) is 37.0 Å². The zero-order chi connectivity index (χ0) is 18.1. The Hall–Kier alpha value is -1.15. The first-order valence-electron chi connectivity index (χ1n) is 7.92. The molecule has 0 spiro atoms. The summed E-state index contributed by atoms with van der Waals surface area (Å²) in [4.78, 5) is 0. The highest BCUT2D eigenvalue weighted by Gasteiger charge is 2.47. The maximum Gasteiger partial charge on any atom is 0.523 e. The number of hydrogen-bond donors (Lipinski definition) is 0. The van der Waals surface area contributed by atoms with Crippen molar-refractivity contribution in [1.82, 2.24) is 0 Å². The summed E-state index contributed by atoms with van der Waals surface area (Å²) in [5.74, 6) is -0.245. The Morgan fingerprint density at radius 2 is 1.33 bits per heavy atom. The summed E-state index contributed by atoms with van der Waals surface area (Å²) in [5.41, 5.74) is -4.25. The largest absolute Gasteiger partial charge is 0.523 e. The highest BCUT2D eigenvalue weighted by molar-refractivity contribution is 7.87. The van der Waals surface area contributed by atoms with E-state index in [0.29, 0.717) is 6.42 Å². The molecule has 0 saturated heterocycles. The molecule has 24 heavy (non-hydrogen) atoms. The molecule has 138 valence electrons. The normalized spacial score (nSPS) is 12.5. The van der Waals surface area contributed by atoms with E-state index in [9.17, 15) is 26.0 Å². The van der Waals surface area contributed by atoms with E-state index in [1.54, 1.807) is 12.1 Å². The highest BCUT2D eigenvalue weighted by Crippen LogP contribution is 2.24. The van der Waals surface area contributed by atoms with Crippen molar-refractivity contribution < 1.29 is 30.2 Å². The van der Waals surface area contributed by atoms with Crippen molar-refractivity contribution >= 4 is 10.1 Å². The second-order valence-corrected chi connectivity index (χ2v) is 7.18. The standard InChI is InChI=1S/C16H22F4O3S/c17-15-11-9-14(10-12-15)8-6-4-2-1-3-5-7-13-23-24(21,22)16(18,19)20/h9-12H,1-8,13H2. The second kappa shape index (κ2) is 9.98. The van der Waals surface area contributed by atoms with E-state index in [2.05, 4.69) is 4.18 Å². The Morgan fingerprint density at radius 3 is 1.88 bits per heavy atom. The molecule has 0 heterocycles. The third kappa shape index (κ3) is 8.10. The number of unbranched alkanes of at least 4 members (excludes halogenated alkanes) is 6. The molecule has 0 saturated carbocycles. The van der Waals surface area contributed by atoms with Gasteiger partial charge in [-0.3, -0.25) is 4.18 Å². The molecular formula is C16H22F4O3S. The van der Waals surface area contributed by atoms with Crippen molar-refractivity contribution in [2.45, 2.75) is 56.9 Å². The maximum absolute atomic E-state index is 12.7. The summed E-state index contributed by atoms with van der Waals surface area (Å²) >= 11 is 0. The van der Waals surface area contributed by atoms with E-state index in [0.717, 1.165) is 44.1 Å². The summed E-state index contributed by atoms with van der Waals surface area (Å²) in [6.07, 6.45) is 6.60. The molecule has 1 aromatic carbocycles. The SMILES string of the molecule is O=S(=O)(OCCCCCCCCCc1ccc(F)cc1)C(F)(F)F. The van der Waals surface area contributed by atoms with E-state index in [-0.39, 0.29) is 12.2 Å². The lowest BCUT2D eigenvalue weighted by Crippen LogP contribution is -2.25. The molecule has 0 aliphatic rings. The van der Waals surface area contributed by atoms with Crippen LogP contribution in [0.3, 0.4) is 0 Å². The molecule has 0 radical (unpaired) electrons. The molecule has 0 amide bonds. The summed E-state index contributed by atoms with van der Waals surface area (Å²) in [7, 11) is -5.46. The fourth-order valence-corrected chi connectivity index (χ4v) is 2.67. The van der Waals surface area contributed by atoms with Gasteiger partial charge < -0.3 is 0 Å². The molecule has 0 aliphatic heterocycles. The van der Waals surface area contributed by atoms with Gasteiger partial charge in [0.25, 0.3) is 0 Å². The zero-order valence-electron chi connectivity index (χ0n) is 13.3. The van der Waals surface area contributed by atoms with Crippen LogP contribution in [0, 0.1) is 5.82 Å². The highest BCUT2D eigenvalue weighted by atomic mass is 32.2. The van der Waals surface area contributed by atoms with Crippen LogP contribution in [0.2, 0.25) is 0 Å². The van der Waals surface area contributed by atoms with Crippen LogP contribution in [0.4, 0.5) is 17.6 Å². The van der Waals surface area contributed by atoms with Crippen LogP contribution in [0.25, 0.3) is 0 Å². The molecule has 1 aromatic rings. The van der Waals surface area contributed by atoms with Gasteiger partial charge in [0.2, 0.25) is 0 Å². The number of benzene rings is 1. The Morgan fingerprint density at radius 1 is 0.833 bits per heavy atom. The van der Waals surface area contributed by atoms with Crippen LogP contribution in [-0.2, 0) is 20.7 Å². The van der Waals surface area contributed by atoms with Crippen LogP contribution in [0.15, 0.2) is 24.3 Å². The van der Waals surface area contributed by atoms with Crippen molar-refractivity contribution in [1.29, 1.82) is 0 Å². The quantitative estimate of drug-likeness (QED) is 0.239. The predicted octanol–water partition coefficient (Wildman–Crippen LogP) is 4.97. The Bertz CT molecular complexity index is 568. The topological polar surface area (TPSA) is 43.4 Å². The van der Waals surface area contributed by atoms with E-state index in [4.69, 9.17) is 0 Å². The van der Waals surface area contributed by atoms with Crippen LogP contribution in [0.5, 0.6) is 0 Å².